The van der Waals surface area contributed by atoms with E-state index in [9.17, 15) is 18.0 Å². The smallest absolute Gasteiger partial charge is 0.389 e. The highest BCUT2D eigenvalue weighted by Gasteiger charge is 2.29. The van der Waals surface area contributed by atoms with E-state index in [2.05, 4.69) is 9.97 Å². The third kappa shape index (κ3) is 5.07. The molecule has 0 fully saturated rings. The van der Waals surface area contributed by atoms with Crippen LogP contribution in [0.2, 0.25) is 10.0 Å². The van der Waals surface area contributed by atoms with E-state index in [0.29, 0.717) is 0 Å². The number of ether oxygens (including phenoxy) is 1. The molecule has 0 bridgehead atoms. The zero-order valence-corrected chi connectivity index (χ0v) is 12.9. The van der Waals surface area contributed by atoms with Gasteiger partial charge in [0.25, 0.3) is 0 Å². The number of ketones is 1. The Labute approximate surface area is 139 Å². The third-order valence-corrected chi connectivity index (χ3v) is 3.20. The maximum absolute atomic E-state index is 12.3. The fourth-order valence-corrected chi connectivity index (χ4v) is 2.06. The Bertz CT molecular complexity index is 706. The summed E-state index contributed by atoms with van der Waals surface area (Å²) in [5, 5.41) is 0.272. The average molecular weight is 365 g/mol. The van der Waals surface area contributed by atoms with Crippen LogP contribution in [-0.2, 0) is 0 Å². The lowest BCUT2D eigenvalue weighted by atomic mass is 10.1. The Hall–Kier alpha value is -1.86. The van der Waals surface area contributed by atoms with Gasteiger partial charge in [0.15, 0.2) is 5.78 Å². The van der Waals surface area contributed by atoms with Crippen molar-refractivity contribution in [1.82, 2.24) is 9.97 Å². The summed E-state index contributed by atoms with van der Waals surface area (Å²) in [6.45, 7) is 0. The molecule has 23 heavy (non-hydrogen) atoms. The van der Waals surface area contributed by atoms with E-state index < -0.39 is 24.8 Å². The molecule has 0 saturated carbocycles. The molecule has 4 nitrogen and oxygen atoms in total. The largest absolute Gasteiger partial charge is 0.423 e. The zero-order valence-electron chi connectivity index (χ0n) is 11.4. The fraction of sp³-hybridized carbons (Fsp3) is 0.214. The van der Waals surface area contributed by atoms with Gasteiger partial charge < -0.3 is 4.74 Å². The van der Waals surface area contributed by atoms with Crippen LogP contribution in [0.5, 0.6) is 11.8 Å². The molecular weight excluding hydrogens is 356 g/mol. The van der Waals surface area contributed by atoms with Crippen LogP contribution in [0.1, 0.15) is 23.2 Å². The Morgan fingerprint density at radius 1 is 1.17 bits per heavy atom. The van der Waals surface area contributed by atoms with E-state index in [4.69, 9.17) is 27.9 Å². The van der Waals surface area contributed by atoms with Crippen LogP contribution in [0.15, 0.2) is 30.6 Å². The monoisotopic (exact) mass is 364 g/mol. The summed E-state index contributed by atoms with van der Waals surface area (Å²) < 4.78 is 42.1. The molecule has 0 unspecified atom stereocenters. The molecular formula is C14H9Cl2F3N2O2. The van der Waals surface area contributed by atoms with Crippen molar-refractivity contribution in [2.75, 3.05) is 0 Å². The number of carbonyl (C=O) groups is 1. The van der Waals surface area contributed by atoms with Gasteiger partial charge in [-0.05, 0) is 12.1 Å². The van der Waals surface area contributed by atoms with Crippen molar-refractivity contribution >= 4 is 29.0 Å². The molecule has 0 spiro atoms. The number of Topliss-reactive ketones (excluding diaryl/α,β-unsaturated/α-hetero) is 1. The normalized spacial score (nSPS) is 11.3. The Morgan fingerprint density at radius 2 is 1.83 bits per heavy atom. The van der Waals surface area contributed by atoms with Gasteiger partial charge >= 0.3 is 12.2 Å². The van der Waals surface area contributed by atoms with E-state index in [1.165, 1.54) is 30.6 Å². The number of benzene rings is 1. The minimum Gasteiger partial charge on any atom is -0.423 e. The second-order valence-electron chi connectivity index (χ2n) is 4.44. The summed E-state index contributed by atoms with van der Waals surface area (Å²) in [6.07, 6.45) is -3.85. The lowest BCUT2D eigenvalue weighted by Gasteiger charge is -2.11. The van der Waals surface area contributed by atoms with Crippen LogP contribution in [-0.4, -0.2) is 21.9 Å². The van der Waals surface area contributed by atoms with Crippen LogP contribution in [0.4, 0.5) is 13.2 Å². The van der Waals surface area contributed by atoms with Crippen molar-refractivity contribution in [3.05, 3.63) is 46.2 Å². The number of hydrogen-bond donors (Lipinski definition) is 0. The first-order valence-corrected chi connectivity index (χ1v) is 7.06. The van der Waals surface area contributed by atoms with Crippen molar-refractivity contribution in [2.24, 2.45) is 0 Å². The Morgan fingerprint density at radius 3 is 2.43 bits per heavy atom. The summed E-state index contributed by atoms with van der Waals surface area (Å²) in [4.78, 5) is 19.6. The minimum atomic E-state index is -4.43. The molecule has 1 heterocycles. The number of halogens is 5. The molecule has 0 N–H and O–H groups in total. The molecule has 9 heteroatoms. The van der Waals surface area contributed by atoms with Crippen molar-refractivity contribution in [3.8, 4) is 11.8 Å². The SMILES string of the molecule is O=C(CCC(F)(F)F)c1c(Cl)cccc1Oc1ncc(Cl)cn1. The van der Waals surface area contributed by atoms with Crippen molar-refractivity contribution in [1.29, 1.82) is 0 Å². The van der Waals surface area contributed by atoms with Crippen LogP contribution in [0.3, 0.4) is 0 Å². The highest BCUT2D eigenvalue weighted by molar-refractivity contribution is 6.34. The van der Waals surface area contributed by atoms with Crippen LogP contribution >= 0.6 is 23.2 Å². The van der Waals surface area contributed by atoms with Gasteiger partial charge in [0.05, 0.1) is 34.4 Å². The maximum atomic E-state index is 12.3. The van der Waals surface area contributed by atoms with Gasteiger partial charge in [-0.1, -0.05) is 29.3 Å². The molecule has 0 radical (unpaired) electrons. The quantitative estimate of drug-likeness (QED) is 0.692. The number of nitrogens with zero attached hydrogens (tertiary/aromatic N) is 2. The first-order chi connectivity index (χ1) is 10.8. The number of aromatic nitrogens is 2. The van der Waals surface area contributed by atoms with Gasteiger partial charge in [-0.25, -0.2) is 9.97 Å². The van der Waals surface area contributed by atoms with Crippen LogP contribution in [0.25, 0.3) is 0 Å². The van der Waals surface area contributed by atoms with E-state index in [0.717, 1.165) is 0 Å². The highest BCUT2D eigenvalue weighted by Crippen LogP contribution is 2.32. The Balaban J connectivity index is 2.25. The molecule has 1 aromatic heterocycles. The predicted octanol–water partition coefficient (Wildman–Crippen LogP) is 5.10. The number of carbonyl (C=O) groups excluding carboxylic acids is 1. The maximum Gasteiger partial charge on any atom is 0.389 e. The number of rotatable bonds is 5. The first-order valence-electron chi connectivity index (χ1n) is 6.30. The van der Waals surface area contributed by atoms with E-state index in [1.807, 2.05) is 0 Å². The van der Waals surface area contributed by atoms with E-state index in [-0.39, 0.29) is 27.4 Å². The van der Waals surface area contributed by atoms with Crippen LogP contribution in [0, 0.1) is 0 Å². The Kier molecular flexibility index (Phi) is 5.43. The summed E-state index contributed by atoms with van der Waals surface area (Å²) in [6, 6.07) is 4.16. The van der Waals surface area contributed by atoms with Gasteiger partial charge in [0.1, 0.15) is 5.75 Å². The number of hydrogen-bond acceptors (Lipinski definition) is 4. The standard InChI is InChI=1S/C14H9Cl2F3N2O2/c15-8-6-20-13(21-7-8)23-11-3-1-2-9(16)12(11)10(22)4-5-14(17,18)19/h1-3,6-7H,4-5H2. The topological polar surface area (TPSA) is 52.1 Å². The van der Waals surface area contributed by atoms with Gasteiger partial charge in [-0.3, -0.25) is 4.79 Å². The average Bonchev–Trinajstić information content (AvgIpc) is 2.47. The van der Waals surface area contributed by atoms with E-state index >= 15 is 0 Å². The lowest BCUT2D eigenvalue weighted by Crippen LogP contribution is -2.12. The molecule has 1 aromatic carbocycles. The number of alkyl halides is 3. The molecule has 0 aliphatic carbocycles. The van der Waals surface area contributed by atoms with Crippen molar-refractivity contribution in [3.63, 3.8) is 0 Å². The van der Waals surface area contributed by atoms with Crippen LogP contribution < -0.4 is 4.74 Å². The third-order valence-electron chi connectivity index (χ3n) is 2.69. The van der Waals surface area contributed by atoms with Gasteiger partial charge in [0.2, 0.25) is 0 Å². The van der Waals surface area contributed by atoms with Gasteiger partial charge in [-0.2, -0.15) is 13.2 Å². The minimum absolute atomic E-state index is 0.0105. The molecule has 122 valence electrons. The molecule has 0 aliphatic heterocycles. The second kappa shape index (κ2) is 7.14. The van der Waals surface area contributed by atoms with Gasteiger partial charge in [0, 0.05) is 6.42 Å². The predicted molar refractivity (Wildman–Crippen MR) is 78.2 cm³/mol. The van der Waals surface area contributed by atoms with E-state index in [1.54, 1.807) is 0 Å². The summed E-state index contributed by atoms with van der Waals surface area (Å²) in [7, 11) is 0. The summed E-state index contributed by atoms with van der Waals surface area (Å²) in [5.41, 5.74) is -0.142. The van der Waals surface area contributed by atoms with Crippen molar-refractivity contribution < 1.29 is 22.7 Å². The molecule has 0 saturated heterocycles. The molecule has 0 aliphatic rings. The van der Waals surface area contributed by atoms with Crippen molar-refractivity contribution in [2.45, 2.75) is 19.0 Å². The fourth-order valence-electron chi connectivity index (χ4n) is 1.69. The lowest BCUT2D eigenvalue weighted by molar-refractivity contribution is -0.133. The second-order valence-corrected chi connectivity index (χ2v) is 5.28. The zero-order chi connectivity index (χ0) is 17.0. The molecule has 0 atom stereocenters. The van der Waals surface area contributed by atoms with Gasteiger partial charge in [-0.15, -0.1) is 0 Å². The summed E-state index contributed by atoms with van der Waals surface area (Å²) >= 11 is 11.6. The molecule has 0 amide bonds. The first kappa shape index (κ1) is 17.5. The highest BCUT2D eigenvalue weighted by atomic mass is 35.5. The molecule has 2 rings (SSSR count). The molecule has 2 aromatic rings. The summed E-state index contributed by atoms with van der Waals surface area (Å²) in [5.74, 6) is -0.802.